The molecule has 1 saturated carbocycles. The van der Waals surface area contributed by atoms with Crippen molar-refractivity contribution in [2.24, 2.45) is 0 Å². The van der Waals surface area contributed by atoms with E-state index in [0.29, 0.717) is 37.8 Å². The third-order valence-corrected chi connectivity index (χ3v) is 6.82. The van der Waals surface area contributed by atoms with Crippen molar-refractivity contribution in [3.8, 4) is 0 Å². The Balaban J connectivity index is 1.63. The fourth-order valence-electron chi connectivity index (χ4n) is 3.25. The Morgan fingerprint density at radius 2 is 1.96 bits per heavy atom. The highest BCUT2D eigenvalue weighted by Crippen LogP contribution is 2.31. The van der Waals surface area contributed by atoms with Crippen molar-refractivity contribution in [2.45, 2.75) is 43.0 Å². The Morgan fingerprint density at radius 1 is 1.25 bits per heavy atom. The van der Waals surface area contributed by atoms with Gasteiger partial charge in [0.1, 0.15) is 0 Å². The van der Waals surface area contributed by atoms with Gasteiger partial charge in [-0.15, -0.1) is 0 Å². The Hall–Kier alpha value is -1.44. The van der Waals surface area contributed by atoms with Crippen LogP contribution < -0.4 is 4.72 Å². The van der Waals surface area contributed by atoms with Crippen LogP contribution in [-0.4, -0.2) is 54.8 Å². The number of carbonyl (C=O) groups is 1. The molecule has 7 heteroatoms. The minimum atomic E-state index is -3.55. The van der Waals surface area contributed by atoms with Gasteiger partial charge in [0.25, 0.3) is 5.91 Å². The molecule has 1 unspecified atom stereocenters. The first-order valence-electron chi connectivity index (χ1n) is 8.45. The highest BCUT2D eigenvalue weighted by molar-refractivity contribution is 7.90. The zero-order valence-corrected chi connectivity index (χ0v) is 14.5. The number of nitrogens with one attached hydrogen (secondary N) is 1. The van der Waals surface area contributed by atoms with Gasteiger partial charge >= 0.3 is 0 Å². The van der Waals surface area contributed by atoms with E-state index in [-0.39, 0.29) is 19.0 Å². The van der Waals surface area contributed by atoms with Crippen molar-refractivity contribution in [3.63, 3.8) is 0 Å². The average Bonchev–Trinajstić information content (AvgIpc) is 2.58. The van der Waals surface area contributed by atoms with Gasteiger partial charge in [-0.2, -0.15) is 0 Å². The summed E-state index contributed by atoms with van der Waals surface area (Å²) in [4.78, 5) is 14.1. The molecule has 2 aliphatic rings. The quantitative estimate of drug-likeness (QED) is 0.832. The third-order valence-electron chi connectivity index (χ3n) is 5.01. The molecule has 0 radical (unpaired) electrons. The monoisotopic (exact) mass is 352 g/mol. The molecule has 1 heterocycles. The number of piperidine rings is 1. The van der Waals surface area contributed by atoms with Crippen molar-refractivity contribution in [1.29, 1.82) is 0 Å². The lowest BCUT2D eigenvalue weighted by atomic mass is 9.81. The largest absolute Gasteiger partial charge is 0.389 e. The van der Waals surface area contributed by atoms with E-state index < -0.39 is 20.9 Å². The maximum Gasteiger partial charge on any atom is 0.253 e. The van der Waals surface area contributed by atoms with Crippen LogP contribution in [0.2, 0.25) is 0 Å². The van der Waals surface area contributed by atoms with Crippen LogP contribution in [0.25, 0.3) is 0 Å². The van der Waals surface area contributed by atoms with Crippen molar-refractivity contribution in [3.05, 3.63) is 35.9 Å². The van der Waals surface area contributed by atoms with E-state index in [1.807, 2.05) is 6.07 Å². The van der Waals surface area contributed by atoms with Gasteiger partial charge in [-0.1, -0.05) is 18.2 Å². The van der Waals surface area contributed by atoms with Crippen LogP contribution >= 0.6 is 0 Å². The van der Waals surface area contributed by atoms with Gasteiger partial charge in [-0.3, -0.25) is 4.79 Å². The van der Waals surface area contributed by atoms with E-state index >= 15 is 0 Å². The van der Waals surface area contributed by atoms with E-state index in [2.05, 4.69) is 4.72 Å². The van der Waals surface area contributed by atoms with Crippen molar-refractivity contribution >= 4 is 15.9 Å². The summed E-state index contributed by atoms with van der Waals surface area (Å²) in [5, 5.41) is 9.45. The lowest BCUT2D eigenvalue weighted by molar-refractivity contribution is -0.0271. The van der Waals surface area contributed by atoms with Gasteiger partial charge in [0.05, 0.1) is 10.9 Å². The summed E-state index contributed by atoms with van der Waals surface area (Å²) < 4.78 is 27.6. The molecule has 0 spiro atoms. The summed E-state index contributed by atoms with van der Waals surface area (Å²) in [6.07, 6.45) is 3.40. The summed E-state index contributed by atoms with van der Waals surface area (Å²) >= 11 is 0. The lowest BCUT2D eigenvalue weighted by Gasteiger charge is -2.38. The summed E-state index contributed by atoms with van der Waals surface area (Å²) in [6.45, 7) is 0.837. The fraction of sp³-hybridized carbons (Fsp3) is 0.588. The van der Waals surface area contributed by atoms with Crippen molar-refractivity contribution in [2.75, 3.05) is 19.6 Å². The summed E-state index contributed by atoms with van der Waals surface area (Å²) in [7, 11) is -3.55. The second-order valence-electron chi connectivity index (χ2n) is 6.83. The topological polar surface area (TPSA) is 86.7 Å². The van der Waals surface area contributed by atoms with E-state index in [1.54, 1.807) is 29.2 Å². The zero-order chi connectivity index (χ0) is 17.2. The molecule has 1 aromatic rings. The fourth-order valence-corrected chi connectivity index (χ4v) is 4.81. The normalized spacial score (nSPS) is 23.5. The molecular formula is C17H24N2O4S. The maximum absolute atomic E-state index is 12.5. The van der Waals surface area contributed by atoms with Crippen LogP contribution in [0, 0.1) is 0 Å². The number of benzene rings is 1. The number of carbonyl (C=O) groups excluding carboxylic acids is 1. The predicted octanol–water partition coefficient (Wildman–Crippen LogP) is 1.13. The smallest absolute Gasteiger partial charge is 0.253 e. The minimum absolute atomic E-state index is 0.0679. The molecule has 1 aromatic carbocycles. The van der Waals surface area contributed by atoms with E-state index in [4.69, 9.17) is 0 Å². The second kappa shape index (κ2) is 6.82. The van der Waals surface area contributed by atoms with Crippen LogP contribution in [0.5, 0.6) is 0 Å². The Bertz CT molecular complexity index is 686. The standard InChI is InChI=1S/C17H24N2O4S/c20-16(14-6-2-1-3-7-14)19-11-4-8-15(12-19)24(22,23)18-13-17(21)9-5-10-17/h1-3,6-7,15,18,21H,4-5,8-13H2. The molecule has 24 heavy (non-hydrogen) atoms. The van der Waals surface area contributed by atoms with Crippen LogP contribution in [0.1, 0.15) is 42.5 Å². The number of sulfonamides is 1. The van der Waals surface area contributed by atoms with Crippen LogP contribution in [0.15, 0.2) is 30.3 Å². The molecule has 0 aromatic heterocycles. The van der Waals surface area contributed by atoms with Crippen LogP contribution in [0.3, 0.4) is 0 Å². The van der Waals surface area contributed by atoms with E-state index in [9.17, 15) is 18.3 Å². The molecule has 1 aliphatic heterocycles. The molecule has 1 atom stereocenters. The predicted molar refractivity (Wildman–Crippen MR) is 91.1 cm³/mol. The molecule has 3 rings (SSSR count). The molecule has 1 aliphatic carbocycles. The number of aliphatic hydroxyl groups is 1. The SMILES string of the molecule is O=C(c1ccccc1)N1CCCC(S(=O)(=O)NCC2(O)CCC2)C1. The highest BCUT2D eigenvalue weighted by Gasteiger charge is 2.38. The van der Waals surface area contributed by atoms with Gasteiger partial charge < -0.3 is 10.0 Å². The average molecular weight is 352 g/mol. The molecule has 2 N–H and O–H groups in total. The van der Waals surface area contributed by atoms with Crippen LogP contribution in [0.4, 0.5) is 0 Å². The number of rotatable bonds is 5. The Kier molecular flexibility index (Phi) is 4.94. The Morgan fingerprint density at radius 3 is 2.58 bits per heavy atom. The molecule has 1 saturated heterocycles. The first kappa shape index (κ1) is 17.4. The van der Waals surface area contributed by atoms with Crippen molar-refractivity contribution in [1.82, 2.24) is 9.62 Å². The molecule has 132 valence electrons. The molecular weight excluding hydrogens is 328 g/mol. The lowest BCUT2D eigenvalue weighted by Crippen LogP contribution is -2.53. The molecule has 1 amide bonds. The van der Waals surface area contributed by atoms with Gasteiger partial charge in [0.15, 0.2) is 0 Å². The minimum Gasteiger partial charge on any atom is -0.389 e. The van der Waals surface area contributed by atoms with E-state index in [0.717, 1.165) is 6.42 Å². The summed E-state index contributed by atoms with van der Waals surface area (Å²) in [6, 6.07) is 8.92. The number of hydrogen-bond donors (Lipinski definition) is 2. The van der Waals surface area contributed by atoms with Gasteiger partial charge in [-0.25, -0.2) is 13.1 Å². The van der Waals surface area contributed by atoms with Crippen LogP contribution in [-0.2, 0) is 10.0 Å². The van der Waals surface area contributed by atoms with E-state index in [1.165, 1.54) is 0 Å². The van der Waals surface area contributed by atoms with Crippen molar-refractivity contribution < 1.29 is 18.3 Å². The number of hydrogen-bond acceptors (Lipinski definition) is 4. The first-order valence-corrected chi connectivity index (χ1v) is 9.99. The van der Waals surface area contributed by atoms with Gasteiger partial charge in [-0.05, 0) is 44.2 Å². The van der Waals surface area contributed by atoms with Gasteiger partial charge in [0, 0.05) is 25.2 Å². The molecule has 6 nitrogen and oxygen atoms in total. The van der Waals surface area contributed by atoms with Gasteiger partial charge in [0.2, 0.25) is 10.0 Å². The second-order valence-corrected chi connectivity index (χ2v) is 8.87. The summed E-state index contributed by atoms with van der Waals surface area (Å²) in [5.41, 5.74) is -0.311. The number of nitrogens with zero attached hydrogens (tertiary/aromatic N) is 1. The highest BCUT2D eigenvalue weighted by atomic mass is 32.2. The number of likely N-dealkylation sites (tertiary alicyclic amines) is 1. The first-order chi connectivity index (χ1) is 11.4. The maximum atomic E-state index is 12.5. The molecule has 0 bridgehead atoms. The summed E-state index contributed by atoms with van der Waals surface area (Å²) in [5.74, 6) is -0.131. The third kappa shape index (κ3) is 3.79. The zero-order valence-electron chi connectivity index (χ0n) is 13.6. The molecule has 2 fully saturated rings. The Labute approximate surface area is 142 Å². The number of amides is 1.